The maximum absolute atomic E-state index is 5.09. The van der Waals surface area contributed by atoms with Gasteiger partial charge in [-0.15, -0.1) is 0 Å². The molecule has 4 nitrogen and oxygen atoms in total. The van der Waals surface area contributed by atoms with E-state index in [9.17, 15) is 0 Å². The molecule has 0 radical (unpaired) electrons. The largest absolute Gasteiger partial charge is 0.385 e. The Morgan fingerprint density at radius 3 is 3.06 bits per heavy atom. The van der Waals surface area contributed by atoms with E-state index in [4.69, 9.17) is 4.74 Å². The summed E-state index contributed by atoms with van der Waals surface area (Å²) in [5, 5.41) is 3.58. The first-order valence-corrected chi connectivity index (χ1v) is 6.87. The molecule has 1 aromatic rings. The Balaban J connectivity index is 1.88. The van der Waals surface area contributed by atoms with Crippen molar-refractivity contribution in [2.75, 3.05) is 19.0 Å². The van der Waals surface area contributed by atoms with Crippen LogP contribution in [0.1, 0.15) is 39.5 Å². The van der Waals surface area contributed by atoms with Crippen LogP contribution in [0.2, 0.25) is 0 Å². The molecular formula is C14H25N3O. The van der Waals surface area contributed by atoms with Crippen LogP contribution in [0.25, 0.3) is 0 Å². The van der Waals surface area contributed by atoms with Crippen LogP contribution >= 0.6 is 0 Å². The second-order valence-corrected chi connectivity index (χ2v) is 6.04. The van der Waals surface area contributed by atoms with E-state index in [0.717, 1.165) is 25.5 Å². The molecule has 0 aliphatic heterocycles. The summed E-state index contributed by atoms with van der Waals surface area (Å²) in [6, 6.07) is 0.573. The second kappa shape index (κ2) is 5.74. The first kappa shape index (κ1) is 13.4. The molecule has 18 heavy (non-hydrogen) atoms. The average Bonchev–Trinajstić information content (AvgIpc) is 2.87. The van der Waals surface area contributed by atoms with Gasteiger partial charge < -0.3 is 14.6 Å². The summed E-state index contributed by atoms with van der Waals surface area (Å²) in [6.45, 7) is 6.46. The van der Waals surface area contributed by atoms with Gasteiger partial charge in [-0.25, -0.2) is 4.98 Å². The van der Waals surface area contributed by atoms with Crippen molar-refractivity contribution in [3.63, 3.8) is 0 Å². The Labute approximate surface area is 110 Å². The fourth-order valence-corrected chi connectivity index (χ4v) is 2.75. The number of rotatable bonds is 6. The average molecular weight is 251 g/mol. The molecule has 2 rings (SSSR count). The van der Waals surface area contributed by atoms with Crippen molar-refractivity contribution in [1.82, 2.24) is 9.55 Å². The number of methoxy groups -OCH3 is 1. The van der Waals surface area contributed by atoms with E-state index in [1.54, 1.807) is 7.11 Å². The van der Waals surface area contributed by atoms with Gasteiger partial charge in [0.15, 0.2) is 0 Å². The normalized spacial score (nSPS) is 22.3. The van der Waals surface area contributed by atoms with E-state index in [1.165, 1.54) is 19.3 Å². The van der Waals surface area contributed by atoms with Gasteiger partial charge in [0.2, 0.25) is 5.95 Å². The van der Waals surface area contributed by atoms with Crippen molar-refractivity contribution in [2.45, 2.75) is 52.1 Å². The molecule has 1 aliphatic carbocycles. The molecule has 0 bridgehead atoms. The minimum Gasteiger partial charge on any atom is -0.385 e. The number of anilines is 1. The summed E-state index contributed by atoms with van der Waals surface area (Å²) >= 11 is 0. The van der Waals surface area contributed by atoms with Gasteiger partial charge in [0.05, 0.1) is 0 Å². The van der Waals surface area contributed by atoms with Crippen molar-refractivity contribution in [3.8, 4) is 0 Å². The molecule has 1 aromatic heterocycles. The topological polar surface area (TPSA) is 39.1 Å². The van der Waals surface area contributed by atoms with Crippen LogP contribution in [-0.4, -0.2) is 29.3 Å². The Bertz CT molecular complexity index is 373. The zero-order valence-electron chi connectivity index (χ0n) is 11.8. The second-order valence-electron chi connectivity index (χ2n) is 6.04. The SMILES string of the molecule is COCCCn1ccnc1NC1CCC(C)(C)C1. The van der Waals surface area contributed by atoms with Crippen LogP contribution in [0.4, 0.5) is 5.95 Å². The fourth-order valence-electron chi connectivity index (χ4n) is 2.75. The van der Waals surface area contributed by atoms with Crippen molar-refractivity contribution >= 4 is 5.95 Å². The minimum atomic E-state index is 0.477. The highest BCUT2D eigenvalue weighted by Crippen LogP contribution is 2.38. The molecule has 1 atom stereocenters. The molecule has 1 aliphatic rings. The van der Waals surface area contributed by atoms with Crippen molar-refractivity contribution < 1.29 is 4.74 Å². The van der Waals surface area contributed by atoms with Crippen LogP contribution in [0.5, 0.6) is 0 Å². The Morgan fingerprint density at radius 2 is 2.39 bits per heavy atom. The highest BCUT2D eigenvalue weighted by molar-refractivity contribution is 5.28. The van der Waals surface area contributed by atoms with Crippen molar-refractivity contribution in [2.24, 2.45) is 5.41 Å². The molecular weight excluding hydrogens is 226 g/mol. The van der Waals surface area contributed by atoms with Gasteiger partial charge >= 0.3 is 0 Å². The Kier molecular flexibility index (Phi) is 4.27. The van der Waals surface area contributed by atoms with Gasteiger partial charge in [-0.3, -0.25) is 0 Å². The van der Waals surface area contributed by atoms with E-state index in [-0.39, 0.29) is 0 Å². The van der Waals surface area contributed by atoms with Gasteiger partial charge in [0.1, 0.15) is 0 Å². The molecule has 4 heteroatoms. The number of nitrogens with one attached hydrogen (secondary N) is 1. The third-order valence-corrected chi connectivity index (χ3v) is 3.76. The third-order valence-electron chi connectivity index (χ3n) is 3.76. The molecule has 0 amide bonds. The van der Waals surface area contributed by atoms with Crippen LogP contribution in [0, 0.1) is 5.41 Å². The summed E-state index contributed by atoms with van der Waals surface area (Å²) < 4.78 is 7.27. The Hall–Kier alpha value is -1.03. The highest BCUT2D eigenvalue weighted by Gasteiger charge is 2.31. The van der Waals surface area contributed by atoms with Crippen LogP contribution in [0.15, 0.2) is 12.4 Å². The third kappa shape index (κ3) is 3.48. The number of aryl methyl sites for hydroxylation is 1. The van der Waals surface area contributed by atoms with Gasteiger partial charge in [0, 0.05) is 38.7 Å². The van der Waals surface area contributed by atoms with Crippen molar-refractivity contribution in [1.29, 1.82) is 0 Å². The summed E-state index contributed by atoms with van der Waals surface area (Å²) in [5.74, 6) is 1.01. The lowest BCUT2D eigenvalue weighted by molar-refractivity contribution is 0.190. The van der Waals surface area contributed by atoms with Gasteiger partial charge in [-0.2, -0.15) is 0 Å². The van der Waals surface area contributed by atoms with Crippen LogP contribution in [0.3, 0.4) is 0 Å². The Morgan fingerprint density at radius 1 is 1.56 bits per heavy atom. The molecule has 1 saturated carbocycles. The predicted octanol–water partition coefficient (Wildman–Crippen LogP) is 2.91. The number of aromatic nitrogens is 2. The molecule has 1 fully saturated rings. The molecule has 0 aromatic carbocycles. The first-order chi connectivity index (χ1) is 8.61. The number of imidazole rings is 1. The lowest BCUT2D eigenvalue weighted by atomic mass is 9.92. The van der Waals surface area contributed by atoms with Crippen LogP contribution < -0.4 is 5.32 Å². The number of ether oxygens (including phenoxy) is 1. The van der Waals surface area contributed by atoms with Gasteiger partial charge in [-0.05, 0) is 31.1 Å². The molecule has 1 heterocycles. The molecule has 0 saturated heterocycles. The number of nitrogens with zero attached hydrogens (tertiary/aromatic N) is 2. The van der Waals surface area contributed by atoms with E-state index in [1.807, 2.05) is 12.4 Å². The monoisotopic (exact) mass is 251 g/mol. The van der Waals surface area contributed by atoms with E-state index in [2.05, 4.69) is 28.7 Å². The number of hydrogen-bond acceptors (Lipinski definition) is 3. The van der Waals surface area contributed by atoms with Crippen molar-refractivity contribution in [3.05, 3.63) is 12.4 Å². The maximum atomic E-state index is 5.09. The lowest BCUT2D eigenvalue weighted by Crippen LogP contribution is -2.20. The molecule has 1 N–H and O–H groups in total. The maximum Gasteiger partial charge on any atom is 0.202 e. The van der Waals surface area contributed by atoms with Gasteiger partial charge in [0.25, 0.3) is 0 Å². The van der Waals surface area contributed by atoms with E-state index >= 15 is 0 Å². The zero-order chi connectivity index (χ0) is 13.0. The number of hydrogen-bond donors (Lipinski definition) is 1. The quantitative estimate of drug-likeness (QED) is 0.790. The lowest BCUT2D eigenvalue weighted by Gasteiger charge is -2.18. The van der Waals surface area contributed by atoms with Gasteiger partial charge in [-0.1, -0.05) is 13.8 Å². The summed E-state index contributed by atoms with van der Waals surface area (Å²) in [4.78, 5) is 4.42. The van der Waals surface area contributed by atoms with Crippen LogP contribution in [-0.2, 0) is 11.3 Å². The molecule has 1 unspecified atom stereocenters. The fraction of sp³-hybridized carbons (Fsp3) is 0.786. The standard InChI is InChI=1S/C14H25N3O/c1-14(2)6-5-12(11-14)16-13-15-7-9-17(13)8-4-10-18-3/h7,9,12H,4-6,8,10-11H2,1-3H3,(H,15,16). The first-order valence-electron chi connectivity index (χ1n) is 6.87. The summed E-state index contributed by atoms with van der Waals surface area (Å²) in [7, 11) is 1.74. The molecule has 102 valence electrons. The highest BCUT2D eigenvalue weighted by atomic mass is 16.5. The van der Waals surface area contributed by atoms with E-state index in [0.29, 0.717) is 11.5 Å². The zero-order valence-corrected chi connectivity index (χ0v) is 11.8. The molecule has 0 spiro atoms. The summed E-state index contributed by atoms with van der Waals surface area (Å²) in [5.41, 5.74) is 0.477. The minimum absolute atomic E-state index is 0.477. The smallest absolute Gasteiger partial charge is 0.202 e. The predicted molar refractivity (Wildman–Crippen MR) is 73.8 cm³/mol. The summed E-state index contributed by atoms with van der Waals surface area (Å²) in [6.07, 6.45) is 8.72. The van der Waals surface area contributed by atoms with E-state index < -0.39 is 0 Å².